The van der Waals surface area contributed by atoms with E-state index in [1.165, 1.54) is 75.3 Å². The van der Waals surface area contributed by atoms with Crippen LogP contribution in [0.1, 0.15) is 87.2 Å². The van der Waals surface area contributed by atoms with Gasteiger partial charge in [-0.25, -0.2) is 4.79 Å². The first-order chi connectivity index (χ1) is 10.4. The Morgan fingerprint density at radius 3 is 2.10 bits per heavy atom. The Balaban J connectivity index is 1.96. The fourth-order valence-corrected chi connectivity index (χ4v) is 4.29. The summed E-state index contributed by atoms with van der Waals surface area (Å²) in [6.07, 6.45) is 13.0. The van der Waals surface area contributed by atoms with Crippen LogP contribution in [0, 0.1) is 0 Å². The number of ether oxygens (including phenoxy) is 1. The summed E-state index contributed by atoms with van der Waals surface area (Å²) in [5.74, 6) is 1.99. The second-order valence-corrected chi connectivity index (χ2v) is 6.61. The van der Waals surface area contributed by atoms with Crippen LogP contribution in [0.2, 0.25) is 0 Å². The first-order valence-corrected chi connectivity index (χ1v) is 8.57. The topological polar surface area (TPSA) is 26.3 Å². The van der Waals surface area contributed by atoms with E-state index < -0.39 is 0 Å². The third kappa shape index (κ3) is 3.30. The Morgan fingerprint density at radius 2 is 1.48 bits per heavy atom. The van der Waals surface area contributed by atoms with Crippen molar-refractivity contribution in [3.63, 3.8) is 0 Å². The summed E-state index contributed by atoms with van der Waals surface area (Å²) in [6, 6.07) is 6.27. The summed E-state index contributed by atoms with van der Waals surface area (Å²) in [4.78, 5) is 10.7. The van der Waals surface area contributed by atoms with Crippen molar-refractivity contribution in [1.82, 2.24) is 0 Å². The Morgan fingerprint density at radius 1 is 0.857 bits per heavy atom. The molecule has 2 aliphatic rings. The van der Waals surface area contributed by atoms with Crippen molar-refractivity contribution in [2.75, 3.05) is 0 Å². The molecule has 1 aromatic rings. The lowest BCUT2D eigenvalue weighted by molar-refractivity contribution is 0.399. The van der Waals surface area contributed by atoms with Crippen molar-refractivity contribution < 1.29 is 9.53 Å². The summed E-state index contributed by atoms with van der Waals surface area (Å²) in [5, 5.41) is 0. The summed E-state index contributed by atoms with van der Waals surface area (Å²) in [5.41, 5.74) is 2.78. The Kier molecular flexibility index (Phi) is 4.95. The number of hydrogen-bond donors (Lipinski definition) is 0. The maximum Gasteiger partial charge on any atom is 0.423 e. The molecule has 0 aromatic heterocycles. The average molecular weight is 285 g/mol. The van der Waals surface area contributed by atoms with Crippen molar-refractivity contribution in [3.05, 3.63) is 29.3 Å². The molecule has 21 heavy (non-hydrogen) atoms. The van der Waals surface area contributed by atoms with E-state index in [1.54, 1.807) is 6.47 Å². The van der Waals surface area contributed by atoms with Crippen LogP contribution in [0.4, 0.5) is 0 Å². The normalized spacial score (nSPS) is 21.1. The van der Waals surface area contributed by atoms with Crippen LogP contribution < -0.4 is 4.74 Å². The monoisotopic (exact) mass is 285 g/mol. The smallest absolute Gasteiger partial charge is 0.418 e. The van der Waals surface area contributed by atoms with Gasteiger partial charge in [-0.3, -0.25) is 0 Å². The SMILES string of the molecule is O=[C]Oc1cccc(C2CCCCC2)c1C1CCCCC1. The van der Waals surface area contributed by atoms with E-state index in [0.29, 0.717) is 11.8 Å². The molecule has 0 amide bonds. The second kappa shape index (κ2) is 7.11. The van der Waals surface area contributed by atoms with Crippen LogP contribution in [-0.4, -0.2) is 6.47 Å². The molecule has 113 valence electrons. The highest BCUT2D eigenvalue weighted by Crippen LogP contribution is 2.44. The zero-order chi connectivity index (χ0) is 14.5. The molecule has 2 nitrogen and oxygen atoms in total. The van der Waals surface area contributed by atoms with E-state index in [4.69, 9.17) is 4.74 Å². The summed E-state index contributed by atoms with van der Waals surface area (Å²) in [6.45, 7) is 1.64. The molecule has 3 rings (SSSR count). The van der Waals surface area contributed by atoms with Crippen LogP contribution in [0.3, 0.4) is 0 Å². The van der Waals surface area contributed by atoms with E-state index in [9.17, 15) is 4.79 Å². The lowest BCUT2D eigenvalue weighted by Crippen LogP contribution is -2.13. The molecule has 0 spiro atoms. The average Bonchev–Trinajstić information content (AvgIpc) is 2.56. The van der Waals surface area contributed by atoms with Gasteiger partial charge < -0.3 is 4.74 Å². The van der Waals surface area contributed by atoms with Crippen molar-refractivity contribution in [2.45, 2.75) is 76.0 Å². The number of carbonyl (C=O) groups excluding carboxylic acids is 1. The second-order valence-electron chi connectivity index (χ2n) is 6.61. The van der Waals surface area contributed by atoms with Gasteiger partial charge in [0.15, 0.2) is 0 Å². The molecule has 0 N–H and O–H groups in total. The van der Waals surface area contributed by atoms with E-state index in [0.717, 1.165) is 5.75 Å². The highest BCUT2D eigenvalue weighted by Gasteiger charge is 2.26. The molecule has 1 radical (unpaired) electrons. The third-order valence-corrected chi connectivity index (χ3v) is 5.31. The van der Waals surface area contributed by atoms with Gasteiger partial charge in [-0.05, 0) is 49.1 Å². The van der Waals surface area contributed by atoms with Gasteiger partial charge in [-0.1, -0.05) is 50.7 Å². The van der Waals surface area contributed by atoms with Crippen LogP contribution >= 0.6 is 0 Å². The lowest BCUT2D eigenvalue weighted by atomic mass is 9.75. The Labute approximate surface area is 127 Å². The fourth-order valence-electron chi connectivity index (χ4n) is 4.29. The first kappa shape index (κ1) is 14.6. The number of hydrogen-bond acceptors (Lipinski definition) is 2. The summed E-state index contributed by atoms with van der Waals surface area (Å²) < 4.78 is 5.22. The van der Waals surface area contributed by atoms with E-state index in [1.807, 2.05) is 12.1 Å². The van der Waals surface area contributed by atoms with Crippen molar-refractivity contribution >= 4 is 6.47 Å². The van der Waals surface area contributed by atoms with Crippen molar-refractivity contribution in [1.29, 1.82) is 0 Å². The van der Waals surface area contributed by atoms with Gasteiger partial charge in [-0.15, -0.1) is 0 Å². The van der Waals surface area contributed by atoms with Gasteiger partial charge in [0.1, 0.15) is 5.75 Å². The van der Waals surface area contributed by atoms with Crippen LogP contribution in [0.15, 0.2) is 18.2 Å². The molecule has 2 fully saturated rings. The molecule has 0 heterocycles. The van der Waals surface area contributed by atoms with Gasteiger partial charge in [0, 0.05) is 5.56 Å². The van der Waals surface area contributed by atoms with Gasteiger partial charge in [0.2, 0.25) is 0 Å². The van der Waals surface area contributed by atoms with Gasteiger partial charge in [0.25, 0.3) is 0 Å². The molecular weight excluding hydrogens is 260 g/mol. The molecule has 0 unspecified atom stereocenters. The van der Waals surface area contributed by atoms with Gasteiger partial charge >= 0.3 is 6.47 Å². The van der Waals surface area contributed by atoms with Gasteiger partial charge in [-0.2, -0.15) is 0 Å². The molecular formula is C19H25O2. The summed E-state index contributed by atoms with van der Waals surface area (Å²) in [7, 11) is 0. The molecule has 0 bridgehead atoms. The quantitative estimate of drug-likeness (QED) is 0.757. The number of benzene rings is 1. The molecule has 0 atom stereocenters. The van der Waals surface area contributed by atoms with Gasteiger partial charge in [0.05, 0.1) is 0 Å². The zero-order valence-electron chi connectivity index (χ0n) is 12.8. The van der Waals surface area contributed by atoms with Crippen molar-refractivity contribution in [2.24, 2.45) is 0 Å². The maximum atomic E-state index is 10.7. The molecule has 1 aromatic carbocycles. The Bertz CT molecular complexity index is 468. The molecule has 0 aliphatic heterocycles. The highest BCUT2D eigenvalue weighted by molar-refractivity contribution is 5.52. The molecule has 2 aliphatic carbocycles. The third-order valence-electron chi connectivity index (χ3n) is 5.31. The minimum Gasteiger partial charge on any atom is -0.418 e. The molecule has 0 saturated heterocycles. The lowest BCUT2D eigenvalue weighted by Gasteiger charge is -2.30. The van der Waals surface area contributed by atoms with Crippen molar-refractivity contribution in [3.8, 4) is 5.75 Å². The predicted molar refractivity (Wildman–Crippen MR) is 84.4 cm³/mol. The minimum absolute atomic E-state index is 0.570. The van der Waals surface area contributed by atoms with E-state index in [-0.39, 0.29) is 0 Å². The van der Waals surface area contributed by atoms with E-state index >= 15 is 0 Å². The number of rotatable bonds is 4. The molecule has 2 saturated carbocycles. The maximum absolute atomic E-state index is 10.7. The molecule has 2 heteroatoms. The van der Waals surface area contributed by atoms with Crippen LogP contribution in [0.5, 0.6) is 5.75 Å². The van der Waals surface area contributed by atoms with E-state index in [2.05, 4.69) is 6.07 Å². The van der Waals surface area contributed by atoms with Crippen LogP contribution in [-0.2, 0) is 4.79 Å². The Hall–Kier alpha value is -1.31. The standard InChI is InChI=1S/C19H25O2/c20-14-21-18-13-7-12-17(15-8-3-1-4-9-15)19(18)16-10-5-2-6-11-16/h7,12-13,15-16H,1-6,8-11H2. The largest absolute Gasteiger partial charge is 0.423 e. The summed E-state index contributed by atoms with van der Waals surface area (Å²) >= 11 is 0. The predicted octanol–water partition coefficient (Wildman–Crippen LogP) is 5.23. The zero-order valence-corrected chi connectivity index (χ0v) is 12.8. The fraction of sp³-hybridized carbons (Fsp3) is 0.632. The highest BCUT2D eigenvalue weighted by atomic mass is 16.5. The van der Waals surface area contributed by atoms with Crippen LogP contribution in [0.25, 0.3) is 0 Å². The minimum atomic E-state index is 0.570. The first-order valence-electron chi connectivity index (χ1n) is 8.57.